The molecule has 1 N–H and O–H groups in total. The van der Waals surface area contributed by atoms with Gasteiger partial charge in [0.15, 0.2) is 0 Å². The van der Waals surface area contributed by atoms with E-state index in [1.807, 2.05) is 13.0 Å². The lowest BCUT2D eigenvalue weighted by Gasteiger charge is -2.06. The van der Waals surface area contributed by atoms with Crippen LogP contribution in [0.2, 0.25) is 0 Å². The second-order valence-corrected chi connectivity index (χ2v) is 2.72. The topological polar surface area (TPSA) is 33.1 Å². The number of aryl methyl sites for hydroxylation is 1. The van der Waals surface area contributed by atoms with Crippen molar-refractivity contribution in [2.45, 2.75) is 19.4 Å². The summed E-state index contributed by atoms with van der Waals surface area (Å²) in [5.41, 5.74) is 1.82. The molecule has 0 saturated heterocycles. The minimum atomic E-state index is -0.581. The quantitative estimate of drug-likeness (QED) is 0.666. The molecule has 1 aromatic heterocycles. The monoisotopic (exact) mass is 161 g/mol. The van der Waals surface area contributed by atoms with Crippen LogP contribution in [0.15, 0.2) is 18.5 Å². The average molecular weight is 161 g/mol. The number of terminal acetylenes is 1. The molecule has 1 unspecified atom stereocenters. The van der Waals surface area contributed by atoms with Crippen molar-refractivity contribution >= 4 is 0 Å². The van der Waals surface area contributed by atoms with Crippen molar-refractivity contribution in [3.05, 3.63) is 29.6 Å². The highest BCUT2D eigenvalue weighted by Gasteiger charge is 2.05. The van der Waals surface area contributed by atoms with Crippen LogP contribution >= 0.6 is 0 Å². The van der Waals surface area contributed by atoms with Gasteiger partial charge in [0.2, 0.25) is 0 Å². The van der Waals surface area contributed by atoms with Crippen LogP contribution < -0.4 is 0 Å². The fraction of sp³-hybridized carbons (Fsp3) is 0.300. The third kappa shape index (κ3) is 2.08. The average Bonchev–Trinajstić information content (AvgIpc) is 2.05. The molecule has 1 aromatic rings. The Kier molecular flexibility index (Phi) is 2.84. The molecule has 0 amide bonds. The largest absolute Gasteiger partial charge is 0.387 e. The van der Waals surface area contributed by atoms with Crippen LogP contribution in [0.25, 0.3) is 0 Å². The van der Waals surface area contributed by atoms with Crippen LogP contribution in [0.5, 0.6) is 0 Å². The Labute approximate surface area is 72.3 Å². The maximum Gasteiger partial charge on any atom is 0.0914 e. The van der Waals surface area contributed by atoms with E-state index in [0.29, 0.717) is 6.42 Å². The number of aliphatic hydroxyl groups is 1. The Bertz CT molecular complexity index is 301. The van der Waals surface area contributed by atoms with E-state index in [-0.39, 0.29) is 0 Å². The van der Waals surface area contributed by atoms with Crippen LogP contribution in [0.1, 0.15) is 23.7 Å². The van der Waals surface area contributed by atoms with E-state index < -0.39 is 6.10 Å². The predicted molar refractivity (Wildman–Crippen MR) is 47.4 cm³/mol. The number of aromatic nitrogens is 1. The van der Waals surface area contributed by atoms with E-state index in [2.05, 4.69) is 10.9 Å². The molecule has 0 saturated carbocycles. The van der Waals surface area contributed by atoms with Gasteiger partial charge in [-0.2, -0.15) is 0 Å². The first-order chi connectivity index (χ1) is 5.74. The molecule has 0 aliphatic rings. The van der Waals surface area contributed by atoms with Gasteiger partial charge in [0.25, 0.3) is 0 Å². The number of nitrogens with zero attached hydrogens (tertiary/aromatic N) is 1. The smallest absolute Gasteiger partial charge is 0.0914 e. The van der Waals surface area contributed by atoms with Gasteiger partial charge < -0.3 is 5.11 Å². The molecule has 0 spiro atoms. The summed E-state index contributed by atoms with van der Waals surface area (Å²) < 4.78 is 0. The van der Waals surface area contributed by atoms with Crippen molar-refractivity contribution in [2.24, 2.45) is 0 Å². The van der Waals surface area contributed by atoms with Crippen molar-refractivity contribution in [3.8, 4) is 12.3 Å². The summed E-state index contributed by atoms with van der Waals surface area (Å²) in [7, 11) is 0. The Balaban J connectivity index is 2.82. The number of aliphatic hydroxyl groups excluding tert-OH is 1. The second kappa shape index (κ2) is 3.89. The highest BCUT2D eigenvalue weighted by molar-refractivity contribution is 5.19. The Morgan fingerprint density at radius 2 is 2.42 bits per heavy atom. The van der Waals surface area contributed by atoms with Gasteiger partial charge >= 0.3 is 0 Å². The van der Waals surface area contributed by atoms with Crippen molar-refractivity contribution < 1.29 is 5.11 Å². The summed E-state index contributed by atoms with van der Waals surface area (Å²) in [6, 6.07) is 1.88. The van der Waals surface area contributed by atoms with Gasteiger partial charge in [-0.25, -0.2) is 0 Å². The van der Waals surface area contributed by atoms with Crippen LogP contribution in [0.4, 0.5) is 0 Å². The minimum Gasteiger partial charge on any atom is -0.387 e. The van der Waals surface area contributed by atoms with Gasteiger partial charge in [0.05, 0.1) is 6.10 Å². The Hall–Kier alpha value is -1.33. The molecule has 0 radical (unpaired) electrons. The second-order valence-electron chi connectivity index (χ2n) is 2.72. The van der Waals surface area contributed by atoms with Gasteiger partial charge in [-0.3, -0.25) is 4.98 Å². The molecular weight excluding hydrogens is 150 g/mol. The minimum absolute atomic E-state index is 0.338. The molecule has 0 aliphatic carbocycles. The van der Waals surface area contributed by atoms with E-state index >= 15 is 0 Å². The molecule has 0 fully saturated rings. The van der Waals surface area contributed by atoms with Crippen LogP contribution in [0, 0.1) is 19.3 Å². The van der Waals surface area contributed by atoms with Crippen LogP contribution in [-0.4, -0.2) is 10.1 Å². The molecule has 62 valence electrons. The fourth-order valence-electron chi connectivity index (χ4n) is 0.990. The predicted octanol–water partition coefficient (Wildman–Crippen LogP) is 1.45. The Morgan fingerprint density at radius 3 is 3.00 bits per heavy atom. The zero-order valence-electron chi connectivity index (χ0n) is 6.99. The maximum absolute atomic E-state index is 9.46. The van der Waals surface area contributed by atoms with Gasteiger partial charge in [0.1, 0.15) is 0 Å². The molecule has 0 bridgehead atoms. The van der Waals surface area contributed by atoms with Crippen molar-refractivity contribution in [2.75, 3.05) is 0 Å². The molecule has 1 heterocycles. The number of hydrogen-bond donors (Lipinski definition) is 1. The summed E-state index contributed by atoms with van der Waals surface area (Å²) >= 11 is 0. The molecule has 1 rings (SSSR count). The Morgan fingerprint density at radius 1 is 1.67 bits per heavy atom. The standard InChI is InChI=1S/C10H11NO/c1-3-4-10(12)9-5-8(2)6-11-7-9/h1,5-7,10,12H,4H2,2H3. The maximum atomic E-state index is 9.46. The lowest BCUT2D eigenvalue weighted by atomic mass is 10.1. The van der Waals surface area contributed by atoms with Crippen molar-refractivity contribution in [1.82, 2.24) is 4.98 Å². The molecular formula is C10H11NO. The first-order valence-electron chi connectivity index (χ1n) is 3.77. The normalized spacial score (nSPS) is 12.1. The van der Waals surface area contributed by atoms with E-state index in [4.69, 9.17) is 6.42 Å². The molecule has 1 atom stereocenters. The number of pyridine rings is 1. The van der Waals surface area contributed by atoms with E-state index in [1.54, 1.807) is 12.4 Å². The zero-order valence-corrected chi connectivity index (χ0v) is 6.99. The number of rotatable bonds is 2. The molecule has 2 heteroatoms. The summed E-state index contributed by atoms with van der Waals surface area (Å²) in [5, 5.41) is 9.46. The van der Waals surface area contributed by atoms with Gasteiger partial charge in [-0.05, 0) is 12.5 Å². The third-order valence-electron chi connectivity index (χ3n) is 1.59. The summed E-state index contributed by atoms with van der Waals surface area (Å²) in [6.07, 6.45) is 8.21. The summed E-state index contributed by atoms with van der Waals surface area (Å²) in [6.45, 7) is 1.93. The van der Waals surface area contributed by atoms with Crippen LogP contribution in [0.3, 0.4) is 0 Å². The van der Waals surface area contributed by atoms with Crippen molar-refractivity contribution in [1.29, 1.82) is 0 Å². The first kappa shape index (κ1) is 8.76. The highest BCUT2D eigenvalue weighted by atomic mass is 16.3. The van der Waals surface area contributed by atoms with Gasteiger partial charge in [-0.15, -0.1) is 12.3 Å². The summed E-state index contributed by atoms with van der Waals surface area (Å²) in [5.74, 6) is 2.41. The number of hydrogen-bond acceptors (Lipinski definition) is 2. The van der Waals surface area contributed by atoms with Crippen molar-refractivity contribution in [3.63, 3.8) is 0 Å². The SMILES string of the molecule is C#CCC(O)c1cncc(C)c1. The molecule has 12 heavy (non-hydrogen) atoms. The highest BCUT2D eigenvalue weighted by Crippen LogP contribution is 2.15. The third-order valence-corrected chi connectivity index (χ3v) is 1.59. The van der Waals surface area contributed by atoms with Gasteiger partial charge in [0, 0.05) is 24.4 Å². The lowest BCUT2D eigenvalue weighted by Crippen LogP contribution is -1.96. The lowest BCUT2D eigenvalue weighted by molar-refractivity contribution is 0.183. The van der Waals surface area contributed by atoms with Crippen LogP contribution in [-0.2, 0) is 0 Å². The molecule has 0 aliphatic heterocycles. The molecule has 0 aromatic carbocycles. The van der Waals surface area contributed by atoms with Gasteiger partial charge in [-0.1, -0.05) is 6.07 Å². The van der Waals surface area contributed by atoms with E-state index in [1.165, 1.54) is 0 Å². The van der Waals surface area contributed by atoms with E-state index in [0.717, 1.165) is 11.1 Å². The summed E-state index contributed by atoms with van der Waals surface area (Å²) in [4.78, 5) is 3.96. The van der Waals surface area contributed by atoms with E-state index in [9.17, 15) is 5.11 Å². The zero-order chi connectivity index (χ0) is 8.97. The molecule has 2 nitrogen and oxygen atoms in total. The fourth-order valence-corrected chi connectivity index (χ4v) is 0.990. The first-order valence-corrected chi connectivity index (χ1v) is 3.77.